The zero-order valence-electron chi connectivity index (χ0n) is 16.0. The van der Waals surface area contributed by atoms with E-state index in [1.807, 2.05) is 36.6 Å². The average molecular weight is 428 g/mol. The molecule has 2 aliphatic rings. The third-order valence-corrected chi connectivity index (χ3v) is 6.96. The monoisotopic (exact) mass is 427 g/mol. The Balaban J connectivity index is 1.36. The molecule has 0 aliphatic carbocycles. The topological polar surface area (TPSA) is 60.9 Å². The first-order valence-corrected chi connectivity index (χ1v) is 11.1. The van der Waals surface area contributed by atoms with Gasteiger partial charge in [0.1, 0.15) is 6.54 Å². The van der Waals surface area contributed by atoms with Crippen LogP contribution in [0, 0.1) is 6.92 Å². The van der Waals surface area contributed by atoms with Gasteiger partial charge in [-0.3, -0.25) is 19.3 Å². The maximum Gasteiger partial charge on any atom is 0.294 e. The summed E-state index contributed by atoms with van der Waals surface area (Å²) in [6.07, 6.45) is 1.74. The highest BCUT2D eigenvalue weighted by Gasteiger charge is 2.37. The number of rotatable bonds is 4. The zero-order valence-corrected chi connectivity index (χ0v) is 17.7. The molecular weight excluding hydrogens is 406 g/mol. The number of hydrogen-bond donors (Lipinski definition) is 0. The Morgan fingerprint density at radius 2 is 1.79 bits per heavy atom. The second-order valence-corrected chi connectivity index (χ2v) is 8.88. The number of benzene rings is 1. The second kappa shape index (κ2) is 8.42. The van der Waals surface area contributed by atoms with Crippen LogP contribution >= 0.6 is 23.1 Å². The zero-order chi connectivity index (χ0) is 20.4. The molecule has 1 aromatic carbocycles. The van der Waals surface area contributed by atoms with Crippen molar-refractivity contribution in [3.8, 4) is 0 Å². The predicted octanol–water partition coefficient (Wildman–Crippen LogP) is 3.44. The van der Waals surface area contributed by atoms with Gasteiger partial charge in [-0.05, 0) is 53.9 Å². The number of thioether (sulfide) groups is 1. The molecule has 2 aliphatic heterocycles. The molecule has 0 radical (unpaired) electrons. The minimum Gasteiger partial charge on any atom is -0.368 e. The van der Waals surface area contributed by atoms with E-state index in [0.29, 0.717) is 18.0 Å². The molecule has 0 N–H and O–H groups in total. The van der Waals surface area contributed by atoms with E-state index in [0.717, 1.165) is 45.9 Å². The van der Waals surface area contributed by atoms with E-state index in [1.54, 1.807) is 11.0 Å². The molecule has 0 bridgehead atoms. The van der Waals surface area contributed by atoms with Crippen molar-refractivity contribution < 1.29 is 14.4 Å². The van der Waals surface area contributed by atoms with Gasteiger partial charge in [-0.1, -0.05) is 18.2 Å². The maximum atomic E-state index is 12.7. The van der Waals surface area contributed by atoms with Gasteiger partial charge in [-0.2, -0.15) is 0 Å². The molecule has 1 aromatic heterocycles. The lowest BCUT2D eigenvalue weighted by Gasteiger charge is -2.36. The standard InChI is InChI=1S/C21H21N3O3S2/c1-15-7-12-28-17(15)13-18-20(26)24(21(27)29-18)14-19(25)23-10-8-22(9-11-23)16-5-3-2-4-6-16/h2-7,12-13H,8-11,14H2,1H3. The van der Waals surface area contributed by atoms with E-state index >= 15 is 0 Å². The van der Waals surface area contributed by atoms with Crippen LogP contribution in [0.4, 0.5) is 10.5 Å². The summed E-state index contributed by atoms with van der Waals surface area (Å²) in [5.74, 6) is -0.572. The molecule has 6 nitrogen and oxygen atoms in total. The lowest BCUT2D eigenvalue weighted by Crippen LogP contribution is -2.51. The van der Waals surface area contributed by atoms with Gasteiger partial charge >= 0.3 is 0 Å². The number of hydrogen-bond acceptors (Lipinski definition) is 6. The Hall–Kier alpha value is -2.58. The lowest BCUT2D eigenvalue weighted by atomic mass is 10.2. The summed E-state index contributed by atoms with van der Waals surface area (Å²) in [4.78, 5) is 44.0. The Morgan fingerprint density at radius 1 is 1.07 bits per heavy atom. The van der Waals surface area contributed by atoms with E-state index in [9.17, 15) is 14.4 Å². The SMILES string of the molecule is Cc1ccsc1C=C1SC(=O)N(CC(=O)N2CCN(c3ccccc3)CC2)C1=O. The van der Waals surface area contributed by atoms with Gasteiger partial charge < -0.3 is 9.80 Å². The van der Waals surface area contributed by atoms with Gasteiger partial charge in [0, 0.05) is 36.7 Å². The van der Waals surface area contributed by atoms with Crippen LogP contribution in [0.25, 0.3) is 6.08 Å². The van der Waals surface area contributed by atoms with Crippen molar-refractivity contribution in [3.63, 3.8) is 0 Å². The van der Waals surface area contributed by atoms with Crippen LogP contribution in [0.3, 0.4) is 0 Å². The van der Waals surface area contributed by atoms with E-state index in [2.05, 4.69) is 17.0 Å². The maximum absolute atomic E-state index is 12.7. The van der Waals surface area contributed by atoms with Gasteiger partial charge in [0.25, 0.3) is 11.1 Å². The largest absolute Gasteiger partial charge is 0.368 e. The number of nitrogens with zero attached hydrogens (tertiary/aromatic N) is 3. The van der Waals surface area contributed by atoms with Crippen LogP contribution in [0.2, 0.25) is 0 Å². The number of anilines is 1. The molecule has 4 rings (SSSR count). The van der Waals surface area contributed by atoms with Crippen LogP contribution in [0.15, 0.2) is 46.7 Å². The number of amides is 3. The summed E-state index contributed by atoms with van der Waals surface area (Å²) < 4.78 is 0. The van der Waals surface area contributed by atoms with E-state index < -0.39 is 0 Å². The normalized spacial score (nSPS) is 18.8. The van der Waals surface area contributed by atoms with Crippen molar-refractivity contribution in [1.82, 2.24) is 9.80 Å². The summed E-state index contributed by atoms with van der Waals surface area (Å²) in [6, 6.07) is 12.1. The van der Waals surface area contributed by atoms with Crippen molar-refractivity contribution in [3.05, 3.63) is 57.1 Å². The van der Waals surface area contributed by atoms with Crippen molar-refractivity contribution in [2.24, 2.45) is 0 Å². The lowest BCUT2D eigenvalue weighted by molar-refractivity contribution is -0.136. The summed E-state index contributed by atoms with van der Waals surface area (Å²) >= 11 is 2.43. The number of carbonyl (C=O) groups is 3. The summed E-state index contributed by atoms with van der Waals surface area (Å²) in [5, 5.41) is 1.57. The van der Waals surface area contributed by atoms with Gasteiger partial charge in [0.2, 0.25) is 5.91 Å². The number of piperazine rings is 1. The van der Waals surface area contributed by atoms with Gasteiger partial charge in [-0.25, -0.2) is 0 Å². The number of carbonyl (C=O) groups excluding carboxylic acids is 3. The molecule has 2 aromatic rings. The number of aryl methyl sites for hydroxylation is 1. The molecule has 0 saturated carbocycles. The highest BCUT2D eigenvalue weighted by Crippen LogP contribution is 2.33. The molecule has 0 spiro atoms. The van der Waals surface area contributed by atoms with Crippen molar-refractivity contribution in [2.45, 2.75) is 6.92 Å². The second-order valence-electron chi connectivity index (χ2n) is 6.94. The number of thiophene rings is 1. The minimum atomic E-state index is -0.385. The van der Waals surface area contributed by atoms with E-state index in [-0.39, 0.29) is 23.6 Å². The summed E-state index contributed by atoms with van der Waals surface area (Å²) in [5.41, 5.74) is 2.20. The molecule has 3 heterocycles. The first-order valence-electron chi connectivity index (χ1n) is 9.40. The van der Waals surface area contributed by atoms with Gasteiger partial charge in [0.05, 0.1) is 4.91 Å². The summed E-state index contributed by atoms with van der Waals surface area (Å²) in [7, 11) is 0. The fourth-order valence-corrected chi connectivity index (χ4v) is 5.13. The van der Waals surface area contributed by atoms with Crippen molar-refractivity contribution >= 4 is 51.9 Å². The van der Waals surface area contributed by atoms with Crippen LogP contribution < -0.4 is 4.90 Å². The average Bonchev–Trinajstić information content (AvgIpc) is 3.26. The summed E-state index contributed by atoms with van der Waals surface area (Å²) in [6.45, 7) is 4.38. The quantitative estimate of drug-likeness (QED) is 0.700. The molecule has 29 heavy (non-hydrogen) atoms. The highest BCUT2D eigenvalue weighted by molar-refractivity contribution is 8.18. The molecule has 3 amide bonds. The Kier molecular flexibility index (Phi) is 5.73. The number of imide groups is 1. The minimum absolute atomic E-state index is 0.187. The van der Waals surface area contributed by atoms with Crippen LogP contribution in [0.1, 0.15) is 10.4 Å². The van der Waals surface area contributed by atoms with Gasteiger partial charge in [-0.15, -0.1) is 11.3 Å². The van der Waals surface area contributed by atoms with E-state index in [1.165, 1.54) is 11.3 Å². The third kappa shape index (κ3) is 4.23. The molecule has 2 fully saturated rings. The smallest absolute Gasteiger partial charge is 0.294 e. The first kappa shape index (κ1) is 19.7. The van der Waals surface area contributed by atoms with Gasteiger partial charge in [0.15, 0.2) is 0 Å². The molecule has 0 unspecified atom stereocenters. The van der Waals surface area contributed by atoms with Crippen molar-refractivity contribution in [1.29, 1.82) is 0 Å². The molecule has 2 saturated heterocycles. The van der Waals surface area contributed by atoms with Crippen molar-refractivity contribution in [2.75, 3.05) is 37.6 Å². The van der Waals surface area contributed by atoms with Crippen LogP contribution in [-0.4, -0.2) is 59.6 Å². The molecule has 8 heteroatoms. The first-order chi connectivity index (χ1) is 14.0. The molecular formula is C21H21N3O3S2. The highest BCUT2D eigenvalue weighted by atomic mass is 32.2. The third-order valence-electron chi connectivity index (χ3n) is 5.08. The van der Waals surface area contributed by atoms with Crippen LogP contribution in [-0.2, 0) is 9.59 Å². The number of para-hydroxylation sites is 1. The Bertz CT molecular complexity index is 963. The van der Waals surface area contributed by atoms with Crippen LogP contribution in [0.5, 0.6) is 0 Å². The Morgan fingerprint density at radius 3 is 2.45 bits per heavy atom. The van der Waals surface area contributed by atoms with E-state index in [4.69, 9.17) is 0 Å². The Labute approximate surface area is 177 Å². The molecule has 150 valence electrons. The fourth-order valence-electron chi connectivity index (χ4n) is 3.38. The predicted molar refractivity (Wildman–Crippen MR) is 117 cm³/mol. The molecule has 0 atom stereocenters. The fraction of sp³-hybridized carbons (Fsp3) is 0.286.